The van der Waals surface area contributed by atoms with Crippen molar-refractivity contribution in [2.45, 2.75) is 6.54 Å². The number of esters is 1. The minimum atomic E-state index is -0.529. The zero-order valence-corrected chi connectivity index (χ0v) is 18.3. The van der Waals surface area contributed by atoms with E-state index in [0.29, 0.717) is 21.9 Å². The molecule has 2 aromatic rings. The molecule has 1 aliphatic heterocycles. The maximum atomic E-state index is 12.8. The summed E-state index contributed by atoms with van der Waals surface area (Å²) in [6.07, 6.45) is 1.56. The summed E-state index contributed by atoms with van der Waals surface area (Å²) in [7, 11) is 1.27. The molecule has 0 unspecified atom stereocenters. The van der Waals surface area contributed by atoms with Crippen LogP contribution in [0.2, 0.25) is 5.02 Å². The van der Waals surface area contributed by atoms with Gasteiger partial charge in [-0.15, -0.1) is 0 Å². The van der Waals surface area contributed by atoms with Crippen LogP contribution in [0, 0.1) is 0 Å². The van der Waals surface area contributed by atoms with E-state index in [1.54, 1.807) is 48.5 Å². The molecule has 0 aromatic heterocycles. The van der Waals surface area contributed by atoms with Crippen LogP contribution < -0.4 is 4.74 Å². The number of carbonyl (C=O) groups excluding carboxylic acids is 3. The molecule has 0 spiro atoms. The summed E-state index contributed by atoms with van der Waals surface area (Å²) in [4.78, 5) is 37.9. The highest BCUT2D eigenvalue weighted by molar-refractivity contribution is 9.10. The Morgan fingerprint density at radius 1 is 1.24 bits per heavy atom. The molecule has 150 valence electrons. The highest BCUT2D eigenvalue weighted by atomic mass is 79.9. The first kappa shape index (κ1) is 21.4. The van der Waals surface area contributed by atoms with Crippen molar-refractivity contribution in [2.24, 2.45) is 0 Å². The lowest BCUT2D eigenvalue weighted by Gasteiger charge is -2.13. The minimum absolute atomic E-state index is 0.0891. The van der Waals surface area contributed by atoms with Gasteiger partial charge in [0.2, 0.25) is 0 Å². The number of methoxy groups -OCH3 is 1. The average molecular weight is 497 g/mol. The predicted molar refractivity (Wildman–Crippen MR) is 115 cm³/mol. The summed E-state index contributed by atoms with van der Waals surface area (Å²) < 4.78 is 10.8. The van der Waals surface area contributed by atoms with Crippen LogP contribution >= 0.6 is 39.3 Å². The van der Waals surface area contributed by atoms with Crippen molar-refractivity contribution in [1.29, 1.82) is 0 Å². The molecule has 0 radical (unpaired) electrons. The molecule has 6 nitrogen and oxygen atoms in total. The Morgan fingerprint density at radius 3 is 2.72 bits per heavy atom. The average Bonchev–Trinajstić information content (AvgIpc) is 2.96. The van der Waals surface area contributed by atoms with E-state index >= 15 is 0 Å². The number of thioether (sulfide) groups is 1. The summed E-state index contributed by atoms with van der Waals surface area (Å²) in [6, 6.07) is 12.2. The lowest BCUT2D eigenvalue weighted by molar-refractivity contribution is -0.142. The molecule has 29 heavy (non-hydrogen) atoms. The summed E-state index contributed by atoms with van der Waals surface area (Å²) >= 11 is 10.4. The topological polar surface area (TPSA) is 72.9 Å². The Bertz CT molecular complexity index is 1010. The number of hydrogen-bond donors (Lipinski definition) is 0. The molecule has 1 aliphatic rings. The molecule has 0 N–H and O–H groups in total. The fraction of sp³-hybridized carbons (Fsp3) is 0.150. The Labute approximate surface area is 184 Å². The number of imide groups is 1. The number of carbonyl (C=O) groups is 3. The van der Waals surface area contributed by atoms with Gasteiger partial charge in [0.05, 0.1) is 18.6 Å². The molecule has 0 atom stereocenters. The van der Waals surface area contributed by atoms with E-state index in [1.807, 2.05) is 0 Å². The van der Waals surface area contributed by atoms with Crippen molar-refractivity contribution in [3.05, 3.63) is 68.0 Å². The van der Waals surface area contributed by atoms with Crippen LogP contribution in [0.15, 0.2) is 51.8 Å². The van der Waals surface area contributed by atoms with Crippen LogP contribution in [0.4, 0.5) is 4.79 Å². The highest BCUT2D eigenvalue weighted by Gasteiger charge is 2.35. The van der Waals surface area contributed by atoms with E-state index in [0.717, 1.165) is 21.1 Å². The second kappa shape index (κ2) is 9.47. The van der Waals surface area contributed by atoms with Gasteiger partial charge in [-0.25, -0.2) is 4.79 Å². The number of benzene rings is 2. The van der Waals surface area contributed by atoms with Gasteiger partial charge < -0.3 is 9.47 Å². The smallest absolute Gasteiger partial charge is 0.343 e. The Balaban J connectivity index is 1.84. The van der Waals surface area contributed by atoms with E-state index in [9.17, 15) is 14.4 Å². The first-order chi connectivity index (χ1) is 13.9. The fourth-order valence-electron chi connectivity index (χ4n) is 2.53. The third-order valence-electron chi connectivity index (χ3n) is 3.99. The number of ether oxygens (including phenoxy) is 2. The standard InChI is InChI=1S/C20H15BrClNO5S/c1-27-18(24)11-28-16-7-6-14(21)8-13(16)9-17-19(25)23(20(26)29-17)10-12-4-2-3-5-15(12)22/h2-9H,10-11H2,1H3/b17-9+. The van der Waals surface area contributed by atoms with Crippen molar-refractivity contribution < 1.29 is 23.9 Å². The third kappa shape index (κ3) is 5.20. The highest BCUT2D eigenvalue weighted by Crippen LogP contribution is 2.36. The Kier molecular flexibility index (Phi) is 7.00. The maximum absolute atomic E-state index is 12.8. The normalized spacial score (nSPS) is 15.1. The second-order valence-corrected chi connectivity index (χ2v) is 8.22. The largest absolute Gasteiger partial charge is 0.481 e. The van der Waals surface area contributed by atoms with Gasteiger partial charge in [-0.2, -0.15) is 0 Å². The van der Waals surface area contributed by atoms with Crippen molar-refractivity contribution in [1.82, 2.24) is 4.90 Å². The van der Waals surface area contributed by atoms with E-state index in [-0.39, 0.29) is 23.3 Å². The first-order valence-corrected chi connectivity index (χ1v) is 10.4. The zero-order chi connectivity index (χ0) is 21.0. The van der Waals surface area contributed by atoms with Crippen LogP contribution in [0.5, 0.6) is 5.75 Å². The lowest BCUT2D eigenvalue weighted by atomic mass is 10.1. The van der Waals surface area contributed by atoms with Gasteiger partial charge in [-0.3, -0.25) is 14.5 Å². The molecule has 0 aliphatic carbocycles. The van der Waals surface area contributed by atoms with Gasteiger partial charge in [0.1, 0.15) is 5.75 Å². The molecule has 0 bridgehead atoms. The van der Waals surface area contributed by atoms with Crippen LogP contribution in [-0.4, -0.2) is 35.7 Å². The number of amides is 2. The Morgan fingerprint density at radius 2 is 2.00 bits per heavy atom. The molecule has 1 heterocycles. The monoisotopic (exact) mass is 495 g/mol. The van der Waals surface area contributed by atoms with Crippen molar-refractivity contribution in [2.75, 3.05) is 13.7 Å². The number of nitrogens with zero attached hydrogens (tertiary/aromatic N) is 1. The molecule has 2 aromatic carbocycles. The van der Waals surface area contributed by atoms with Gasteiger partial charge in [0, 0.05) is 15.1 Å². The summed E-state index contributed by atoms with van der Waals surface area (Å²) in [6.45, 7) is -0.182. The predicted octanol–water partition coefficient (Wildman–Crippen LogP) is 4.89. The summed E-state index contributed by atoms with van der Waals surface area (Å²) in [5.74, 6) is -0.561. The third-order valence-corrected chi connectivity index (χ3v) is 5.76. The SMILES string of the molecule is COC(=O)COc1ccc(Br)cc1/C=C1/SC(=O)N(Cc2ccccc2Cl)C1=O. The molecular formula is C20H15BrClNO5S. The fourth-order valence-corrected chi connectivity index (χ4v) is 3.94. The number of hydrogen-bond acceptors (Lipinski definition) is 6. The van der Waals surface area contributed by atoms with Gasteiger partial charge in [-0.05, 0) is 47.7 Å². The van der Waals surface area contributed by atoms with Crippen LogP contribution in [0.1, 0.15) is 11.1 Å². The van der Waals surface area contributed by atoms with Crippen molar-refractivity contribution in [3.63, 3.8) is 0 Å². The van der Waals surface area contributed by atoms with Crippen LogP contribution in [0.3, 0.4) is 0 Å². The molecule has 9 heteroatoms. The van der Waals surface area contributed by atoms with Gasteiger partial charge in [0.25, 0.3) is 11.1 Å². The lowest BCUT2D eigenvalue weighted by Crippen LogP contribution is -2.27. The molecule has 3 rings (SSSR count). The van der Waals surface area contributed by atoms with E-state index < -0.39 is 11.9 Å². The first-order valence-electron chi connectivity index (χ1n) is 8.37. The quantitative estimate of drug-likeness (QED) is 0.419. The molecule has 2 amide bonds. The molecular weight excluding hydrogens is 482 g/mol. The number of rotatable bonds is 6. The van der Waals surface area contributed by atoms with Gasteiger partial charge in [-0.1, -0.05) is 45.7 Å². The zero-order valence-electron chi connectivity index (χ0n) is 15.2. The van der Waals surface area contributed by atoms with E-state index in [4.69, 9.17) is 16.3 Å². The summed E-state index contributed by atoms with van der Waals surface area (Å²) in [5, 5.41) is 0.106. The number of halogens is 2. The molecule has 1 saturated heterocycles. The molecule has 1 fully saturated rings. The summed E-state index contributed by atoms with van der Waals surface area (Å²) in [5.41, 5.74) is 1.23. The Hall–Kier alpha value is -2.29. The second-order valence-electron chi connectivity index (χ2n) is 5.91. The maximum Gasteiger partial charge on any atom is 0.343 e. The van der Waals surface area contributed by atoms with Crippen molar-refractivity contribution in [3.8, 4) is 5.75 Å². The van der Waals surface area contributed by atoms with Gasteiger partial charge >= 0.3 is 5.97 Å². The van der Waals surface area contributed by atoms with Crippen LogP contribution in [-0.2, 0) is 20.9 Å². The van der Waals surface area contributed by atoms with E-state index in [1.165, 1.54) is 7.11 Å². The molecule has 0 saturated carbocycles. The van der Waals surface area contributed by atoms with Crippen molar-refractivity contribution >= 4 is 62.5 Å². The van der Waals surface area contributed by atoms with Crippen LogP contribution in [0.25, 0.3) is 6.08 Å². The minimum Gasteiger partial charge on any atom is -0.481 e. The van der Waals surface area contributed by atoms with E-state index in [2.05, 4.69) is 20.7 Å². The van der Waals surface area contributed by atoms with Gasteiger partial charge in [0.15, 0.2) is 6.61 Å².